The summed E-state index contributed by atoms with van der Waals surface area (Å²) in [6, 6.07) is 8.05. The van der Waals surface area contributed by atoms with Gasteiger partial charge in [-0.1, -0.05) is 12.1 Å². The molecule has 0 saturated heterocycles. The summed E-state index contributed by atoms with van der Waals surface area (Å²) in [4.78, 5) is 4.84. The van der Waals surface area contributed by atoms with E-state index in [0.717, 1.165) is 41.2 Å². The van der Waals surface area contributed by atoms with E-state index in [9.17, 15) is 5.11 Å². The van der Waals surface area contributed by atoms with Crippen LogP contribution in [0.4, 0.5) is 0 Å². The van der Waals surface area contributed by atoms with Crippen LogP contribution in [-0.4, -0.2) is 42.2 Å². The Morgan fingerprint density at radius 3 is 2.81 bits per heavy atom. The Bertz CT molecular complexity index is 914. The van der Waals surface area contributed by atoms with Crippen LogP contribution in [0.3, 0.4) is 0 Å². The van der Waals surface area contributed by atoms with Crippen LogP contribution >= 0.6 is 0 Å². The molecule has 0 unspecified atom stereocenters. The number of benzene rings is 1. The molecular formula is C19H24N6O. The summed E-state index contributed by atoms with van der Waals surface area (Å²) in [5.74, 6) is 1.65. The highest BCUT2D eigenvalue weighted by molar-refractivity contribution is 5.57. The molecule has 136 valence electrons. The first kappa shape index (κ1) is 16.9. The number of nitrogens with two attached hydrogens (primary N) is 1. The fourth-order valence-electron chi connectivity index (χ4n) is 3.63. The summed E-state index contributed by atoms with van der Waals surface area (Å²) < 4.78 is 1.91. The highest BCUT2D eigenvalue weighted by atomic mass is 16.3. The SMILES string of the molecule is Cc1cccc(-n2nc(-c3cn[nH]c3C)nc2[C@H]2CC[C@@H](N)[C@H](O)C2)c1. The molecule has 2 aromatic heterocycles. The van der Waals surface area contributed by atoms with Gasteiger partial charge in [0, 0.05) is 17.7 Å². The lowest BCUT2D eigenvalue weighted by Gasteiger charge is -2.30. The van der Waals surface area contributed by atoms with Crippen molar-refractivity contribution in [3.63, 3.8) is 0 Å². The number of nitrogens with one attached hydrogen (secondary N) is 1. The van der Waals surface area contributed by atoms with Crippen LogP contribution in [0.5, 0.6) is 0 Å². The quantitative estimate of drug-likeness (QED) is 0.670. The van der Waals surface area contributed by atoms with E-state index in [2.05, 4.69) is 29.3 Å². The molecule has 4 rings (SSSR count). The highest BCUT2D eigenvalue weighted by Crippen LogP contribution is 2.34. The minimum atomic E-state index is -0.504. The van der Waals surface area contributed by atoms with Gasteiger partial charge in [0.1, 0.15) is 5.82 Å². The van der Waals surface area contributed by atoms with Crippen molar-refractivity contribution in [2.24, 2.45) is 5.73 Å². The minimum Gasteiger partial charge on any atom is -0.391 e. The van der Waals surface area contributed by atoms with Gasteiger partial charge in [-0.3, -0.25) is 5.10 Å². The lowest BCUT2D eigenvalue weighted by atomic mass is 9.84. The number of aromatic amines is 1. The lowest BCUT2D eigenvalue weighted by molar-refractivity contribution is 0.0961. The number of H-pyrrole nitrogens is 1. The first-order chi connectivity index (χ1) is 12.5. The van der Waals surface area contributed by atoms with Gasteiger partial charge in [-0.15, -0.1) is 5.10 Å². The molecule has 1 aromatic carbocycles. The Hall–Kier alpha value is -2.51. The van der Waals surface area contributed by atoms with Crippen molar-refractivity contribution in [1.29, 1.82) is 0 Å². The van der Waals surface area contributed by atoms with E-state index >= 15 is 0 Å². The number of aliphatic hydroxyl groups excluding tert-OH is 1. The summed E-state index contributed by atoms with van der Waals surface area (Å²) in [5, 5.41) is 22.1. The molecule has 0 spiro atoms. The smallest absolute Gasteiger partial charge is 0.185 e. The van der Waals surface area contributed by atoms with Gasteiger partial charge in [-0.2, -0.15) is 5.10 Å². The lowest BCUT2D eigenvalue weighted by Crippen LogP contribution is -2.40. The van der Waals surface area contributed by atoms with Crippen LogP contribution in [0.1, 0.15) is 42.3 Å². The number of rotatable bonds is 3. The van der Waals surface area contributed by atoms with Crippen LogP contribution in [0.15, 0.2) is 30.5 Å². The molecule has 7 nitrogen and oxygen atoms in total. The van der Waals surface area contributed by atoms with Gasteiger partial charge in [-0.05, 0) is 50.8 Å². The second-order valence-electron chi connectivity index (χ2n) is 7.19. The van der Waals surface area contributed by atoms with Gasteiger partial charge in [0.25, 0.3) is 0 Å². The second-order valence-corrected chi connectivity index (χ2v) is 7.19. The molecule has 4 N–H and O–H groups in total. The molecule has 1 aliphatic rings. The first-order valence-corrected chi connectivity index (χ1v) is 9.01. The molecule has 1 fully saturated rings. The Morgan fingerprint density at radius 2 is 2.12 bits per heavy atom. The minimum absolute atomic E-state index is 0.124. The van der Waals surface area contributed by atoms with Gasteiger partial charge in [0.05, 0.1) is 23.6 Å². The number of nitrogens with zero attached hydrogens (tertiary/aromatic N) is 4. The predicted octanol–water partition coefficient (Wildman–Crippen LogP) is 2.23. The molecule has 26 heavy (non-hydrogen) atoms. The molecule has 2 heterocycles. The number of aryl methyl sites for hydroxylation is 2. The third-order valence-electron chi connectivity index (χ3n) is 5.18. The Balaban J connectivity index is 1.81. The third kappa shape index (κ3) is 3.04. The highest BCUT2D eigenvalue weighted by Gasteiger charge is 2.31. The number of hydrogen-bond donors (Lipinski definition) is 3. The fourth-order valence-corrected chi connectivity index (χ4v) is 3.63. The number of aromatic nitrogens is 5. The molecule has 0 radical (unpaired) electrons. The largest absolute Gasteiger partial charge is 0.391 e. The van der Waals surface area contributed by atoms with E-state index in [1.165, 1.54) is 0 Å². The van der Waals surface area contributed by atoms with E-state index in [0.29, 0.717) is 12.2 Å². The van der Waals surface area contributed by atoms with E-state index in [-0.39, 0.29) is 12.0 Å². The maximum absolute atomic E-state index is 10.3. The Kier molecular flexibility index (Phi) is 4.34. The molecule has 0 aliphatic heterocycles. The summed E-state index contributed by atoms with van der Waals surface area (Å²) in [6.45, 7) is 4.02. The molecule has 7 heteroatoms. The number of hydrogen-bond acceptors (Lipinski definition) is 5. The van der Waals surface area contributed by atoms with Crippen LogP contribution in [0.2, 0.25) is 0 Å². The van der Waals surface area contributed by atoms with Gasteiger partial charge in [-0.25, -0.2) is 9.67 Å². The Labute approximate surface area is 152 Å². The van der Waals surface area contributed by atoms with Crippen molar-refractivity contribution in [2.45, 2.75) is 51.2 Å². The second kappa shape index (κ2) is 6.66. The molecule has 3 atom stereocenters. The first-order valence-electron chi connectivity index (χ1n) is 9.01. The van der Waals surface area contributed by atoms with E-state index in [1.54, 1.807) is 6.20 Å². The number of aliphatic hydroxyl groups is 1. The zero-order chi connectivity index (χ0) is 18.3. The molecule has 1 aliphatic carbocycles. The predicted molar refractivity (Wildman–Crippen MR) is 99.0 cm³/mol. The fraction of sp³-hybridized carbons (Fsp3) is 0.421. The van der Waals surface area contributed by atoms with E-state index < -0.39 is 6.10 Å². The zero-order valence-electron chi connectivity index (χ0n) is 15.1. The van der Waals surface area contributed by atoms with Crippen LogP contribution < -0.4 is 5.73 Å². The molecule has 1 saturated carbocycles. The summed E-state index contributed by atoms with van der Waals surface area (Å²) in [6.07, 6.45) is 3.53. The van der Waals surface area contributed by atoms with Gasteiger partial charge >= 0.3 is 0 Å². The van der Waals surface area contributed by atoms with Crippen LogP contribution in [0, 0.1) is 13.8 Å². The van der Waals surface area contributed by atoms with Crippen molar-refractivity contribution < 1.29 is 5.11 Å². The summed E-state index contributed by atoms with van der Waals surface area (Å²) in [7, 11) is 0. The van der Waals surface area contributed by atoms with Crippen LogP contribution in [0.25, 0.3) is 17.1 Å². The monoisotopic (exact) mass is 352 g/mol. The Morgan fingerprint density at radius 1 is 1.27 bits per heavy atom. The third-order valence-corrected chi connectivity index (χ3v) is 5.18. The maximum atomic E-state index is 10.3. The molecule has 0 bridgehead atoms. The maximum Gasteiger partial charge on any atom is 0.185 e. The van der Waals surface area contributed by atoms with E-state index in [4.69, 9.17) is 15.8 Å². The van der Waals surface area contributed by atoms with Gasteiger partial charge in [0.2, 0.25) is 0 Å². The van der Waals surface area contributed by atoms with Gasteiger partial charge in [0.15, 0.2) is 5.82 Å². The van der Waals surface area contributed by atoms with Crippen molar-refractivity contribution in [1.82, 2.24) is 25.0 Å². The standard InChI is InChI=1S/C19H24N6O/c1-11-4-3-5-14(8-11)25-19(13-6-7-16(20)17(26)9-13)22-18(24-25)15-10-21-23-12(15)2/h3-5,8,10,13,16-17,26H,6-7,9,20H2,1-2H3,(H,21,23)/t13-,16+,17+/m0/s1. The molecule has 0 amide bonds. The van der Waals surface area contributed by atoms with Crippen molar-refractivity contribution in [3.05, 3.63) is 47.5 Å². The average Bonchev–Trinajstić information content (AvgIpc) is 3.23. The molecular weight excluding hydrogens is 328 g/mol. The molecule has 3 aromatic rings. The summed E-state index contributed by atoms with van der Waals surface area (Å²) in [5.41, 5.74) is 9.95. The summed E-state index contributed by atoms with van der Waals surface area (Å²) >= 11 is 0. The average molecular weight is 352 g/mol. The normalized spacial score (nSPS) is 23.3. The van der Waals surface area contributed by atoms with Crippen molar-refractivity contribution >= 4 is 0 Å². The van der Waals surface area contributed by atoms with Crippen LogP contribution in [-0.2, 0) is 0 Å². The zero-order valence-corrected chi connectivity index (χ0v) is 15.1. The van der Waals surface area contributed by atoms with Crippen molar-refractivity contribution in [2.75, 3.05) is 0 Å². The van der Waals surface area contributed by atoms with E-state index in [1.807, 2.05) is 23.7 Å². The topological polar surface area (TPSA) is 106 Å². The van der Waals surface area contributed by atoms with Crippen molar-refractivity contribution in [3.8, 4) is 17.1 Å². The van der Waals surface area contributed by atoms with Gasteiger partial charge < -0.3 is 10.8 Å².